The SMILES string of the molecule is CC1(C)OCC(CNC(=O)[C@@H]2Cc3ccccc3CN2)O1. The monoisotopic (exact) mass is 290 g/mol. The minimum atomic E-state index is -0.544. The van der Waals surface area contributed by atoms with Gasteiger partial charge in [0.15, 0.2) is 5.79 Å². The number of fused-ring (bicyclic) bond motifs is 1. The van der Waals surface area contributed by atoms with Crippen LogP contribution in [-0.2, 0) is 27.2 Å². The molecule has 2 N–H and O–H groups in total. The first-order valence-corrected chi connectivity index (χ1v) is 7.43. The number of nitrogens with one attached hydrogen (secondary N) is 2. The number of carbonyl (C=O) groups excluding carboxylic acids is 1. The molecular weight excluding hydrogens is 268 g/mol. The van der Waals surface area contributed by atoms with Gasteiger partial charge in [0.25, 0.3) is 0 Å². The molecule has 1 amide bonds. The summed E-state index contributed by atoms with van der Waals surface area (Å²) >= 11 is 0. The summed E-state index contributed by atoms with van der Waals surface area (Å²) in [7, 11) is 0. The topological polar surface area (TPSA) is 59.6 Å². The van der Waals surface area contributed by atoms with E-state index >= 15 is 0 Å². The number of benzene rings is 1. The Morgan fingerprint density at radius 3 is 2.86 bits per heavy atom. The van der Waals surface area contributed by atoms with Crippen molar-refractivity contribution in [2.24, 2.45) is 0 Å². The van der Waals surface area contributed by atoms with Crippen molar-refractivity contribution < 1.29 is 14.3 Å². The molecule has 0 radical (unpaired) electrons. The summed E-state index contributed by atoms with van der Waals surface area (Å²) in [5.74, 6) is -0.518. The van der Waals surface area contributed by atoms with Crippen molar-refractivity contribution in [2.45, 2.75) is 44.7 Å². The van der Waals surface area contributed by atoms with E-state index in [1.165, 1.54) is 11.1 Å². The molecular formula is C16H22N2O3. The van der Waals surface area contributed by atoms with Crippen molar-refractivity contribution in [3.05, 3.63) is 35.4 Å². The second-order valence-corrected chi connectivity index (χ2v) is 6.10. The molecule has 1 saturated heterocycles. The number of hydrogen-bond donors (Lipinski definition) is 2. The Bertz CT molecular complexity index is 530. The quantitative estimate of drug-likeness (QED) is 0.871. The number of amides is 1. The molecule has 0 spiro atoms. The van der Waals surface area contributed by atoms with Crippen LogP contribution in [-0.4, -0.2) is 37.0 Å². The molecule has 21 heavy (non-hydrogen) atoms. The number of carbonyl (C=O) groups is 1. The summed E-state index contributed by atoms with van der Waals surface area (Å²) in [6, 6.07) is 8.07. The van der Waals surface area contributed by atoms with Crippen LogP contribution < -0.4 is 10.6 Å². The average molecular weight is 290 g/mol. The molecule has 0 bridgehead atoms. The lowest BCUT2D eigenvalue weighted by molar-refractivity contribution is -0.139. The minimum absolute atomic E-state index is 0.0257. The fourth-order valence-corrected chi connectivity index (χ4v) is 2.84. The van der Waals surface area contributed by atoms with Gasteiger partial charge in [-0.1, -0.05) is 24.3 Å². The van der Waals surface area contributed by atoms with E-state index in [2.05, 4.69) is 22.8 Å². The van der Waals surface area contributed by atoms with Crippen LogP contribution in [0.25, 0.3) is 0 Å². The molecule has 0 aromatic heterocycles. The largest absolute Gasteiger partial charge is 0.352 e. The standard InChI is InChI=1S/C16H22N2O3/c1-16(2)20-10-13(21-16)9-18-15(19)14-7-11-5-3-4-6-12(11)8-17-14/h3-6,13-14,17H,7-10H2,1-2H3,(H,18,19)/t13?,14-/m0/s1. The minimum Gasteiger partial charge on any atom is -0.352 e. The maximum absolute atomic E-state index is 12.3. The lowest BCUT2D eigenvalue weighted by atomic mass is 9.95. The third-order valence-electron chi connectivity index (χ3n) is 3.97. The molecule has 1 fully saturated rings. The summed E-state index contributed by atoms with van der Waals surface area (Å²) in [6.07, 6.45) is 0.662. The van der Waals surface area contributed by atoms with E-state index in [0.29, 0.717) is 13.2 Å². The van der Waals surface area contributed by atoms with Crippen LogP contribution in [0.15, 0.2) is 24.3 Å². The van der Waals surface area contributed by atoms with Crippen molar-refractivity contribution in [3.8, 4) is 0 Å². The predicted molar refractivity (Wildman–Crippen MR) is 78.7 cm³/mol. The third-order valence-corrected chi connectivity index (χ3v) is 3.97. The van der Waals surface area contributed by atoms with Gasteiger partial charge >= 0.3 is 0 Å². The molecule has 1 unspecified atom stereocenters. The van der Waals surface area contributed by atoms with Gasteiger partial charge in [0.1, 0.15) is 6.10 Å². The summed E-state index contributed by atoms with van der Waals surface area (Å²) in [6.45, 7) is 5.52. The highest BCUT2D eigenvalue weighted by molar-refractivity contribution is 5.82. The lowest BCUT2D eigenvalue weighted by Crippen LogP contribution is -2.49. The smallest absolute Gasteiger partial charge is 0.237 e. The van der Waals surface area contributed by atoms with Crippen molar-refractivity contribution in [1.29, 1.82) is 0 Å². The van der Waals surface area contributed by atoms with E-state index < -0.39 is 5.79 Å². The molecule has 5 heteroatoms. The fourth-order valence-electron chi connectivity index (χ4n) is 2.84. The summed E-state index contributed by atoms with van der Waals surface area (Å²) < 4.78 is 11.2. The maximum atomic E-state index is 12.3. The molecule has 1 aromatic carbocycles. The maximum Gasteiger partial charge on any atom is 0.237 e. The van der Waals surface area contributed by atoms with Gasteiger partial charge in [-0.05, 0) is 31.4 Å². The zero-order valence-electron chi connectivity index (χ0n) is 12.5. The second kappa shape index (κ2) is 5.75. The third kappa shape index (κ3) is 3.43. The van der Waals surface area contributed by atoms with E-state index in [9.17, 15) is 4.79 Å². The van der Waals surface area contributed by atoms with Gasteiger partial charge in [0.05, 0.1) is 12.6 Å². The highest BCUT2D eigenvalue weighted by Gasteiger charge is 2.33. The molecule has 0 saturated carbocycles. The van der Waals surface area contributed by atoms with Gasteiger partial charge in [0, 0.05) is 13.1 Å². The van der Waals surface area contributed by atoms with Crippen LogP contribution in [0.5, 0.6) is 0 Å². The highest BCUT2D eigenvalue weighted by Crippen LogP contribution is 2.22. The van der Waals surface area contributed by atoms with E-state index in [4.69, 9.17) is 9.47 Å². The zero-order valence-corrected chi connectivity index (χ0v) is 12.5. The van der Waals surface area contributed by atoms with Crippen LogP contribution in [0.4, 0.5) is 0 Å². The van der Waals surface area contributed by atoms with Crippen LogP contribution in [0.3, 0.4) is 0 Å². The molecule has 1 aromatic rings. The van der Waals surface area contributed by atoms with Crippen molar-refractivity contribution >= 4 is 5.91 Å². The Labute approximate surface area is 125 Å². The Hall–Kier alpha value is -1.43. The zero-order chi connectivity index (χ0) is 14.9. The number of rotatable bonds is 3. The van der Waals surface area contributed by atoms with Gasteiger partial charge in [-0.3, -0.25) is 4.79 Å². The summed E-state index contributed by atoms with van der Waals surface area (Å²) in [5, 5.41) is 6.24. The molecule has 2 atom stereocenters. The van der Waals surface area contributed by atoms with Crippen LogP contribution in [0.2, 0.25) is 0 Å². The van der Waals surface area contributed by atoms with E-state index in [1.54, 1.807) is 0 Å². The number of ether oxygens (including phenoxy) is 2. The van der Waals surface area contributed by atoms with Gasteiger partial charge in [-0.15, -0.1) is 0 Å². The van der Waals surface area contributed by atoms with Crippen LogP contribution in [0.1, 0.15) is 25.0 Å². The average Bonchev–Trinajstić information content (AvgIpc) is 2.83. The van der Waals surface area contributed by atoms with E-state index in [-0.39, 0.29) is 18.1 Å². The number of hydrogen-bond acceptors (Lipinski definition) is 4. The highest BCUT2D eigenvalue weighted by atomic mass is 16.7. The molecule has 3 rings (SSSR count). The Morgan fingerprint density at radius 1 is 1.38 bits per heavy atom. The van der Waals surface area contributed by atoms with Gasteiger partial charge in [-0.2, -0.15) is 0 Å². The lowest BCUT2D eigenvalue weighted by Gasteiger charge is -2.25. The second-order valence-electron chi connectivity index (χ2n) is 6.10. The predicted octanol–water partition coefficient (Wildman–Crippen LogP) is 0.969. The molecule has 2 aliphatic heterocycles. The fraction of sp³-hybridized carbons (Fsp3) is 0.562. The van der Waals surface area contributed by atoms with Gasteiger partial charge in [-0.25, -0.2) is 0 Å². The Balaban J connectivity index is 1.51. The van der Waals surface area contributed by atoms with E-state index in [0.717, 1.165) is 13.0 Å². The van der Waals surface area contributed by atoms with Gasteiger partial charge in [0.2, 0.25) is 5.91 Å². The Morgan fingerprint density at radius 2 is 2.14 bits per heavy atom. The first-order chi connectivity index (χ1) is 10.0. The normalized spacial score (nSPS) is 27.1. The molecule has 5 nitrogen and oxygen atoms in total. The first kappa shape index (κ1) is 14.5. The summed E-state index contributed by atoms with van der Waals surface area (Å²) in [4.78, 5) is 12.3. The molecule has 2 heterocycles. The van der Waals surface area contributed by atoms with Crippen LogP contribution >= 0.6 is 0 Å². The summed E-state index contributed by atoms with van der Waals surface area (Å²) in [5.41, 5.74) is 2.52. The van der Waals surface area contributed by atoms with Gasteiger partial charge < -0.3 is 20.1 Å². The van der Waals surface area contributed by atoms with E-state index in [1.807, 2.05) is 26.0 Å². The molecule has 0 aliphatic carbocycles. The molecule has 2 aliphatic rings. The van der Waals surface area contributed by atoms with Crippen LogP contribution in [0, 0.1) is 0 Å². The van der Waals surface area contributed by atoms with Crippen molar-refractivity contribution in [2.75, 3.05) is 13.2 Å². The van der Waals surface area contributed by atoms with Crippen molar-refractivity contribution in [1.82, 2.24) is 10.6 Å². The Kier molecular flexibility index (Phi) is 3.97. The first-order valence-electron chi connectivity index (χ1n) is 7.43. The molecule has 114 valence electrons. The van der Waals surface area contributed by atoms with Crippen molar-refractivity contribution in [3.63, 3.8) is 0 Å².